The van der Waals surface area contributed by atoms with Crippen molar-refractivity contribution in [2.75, 3.05) is 6.61 Å². The molecule has 0 radical (unpaired) electrons. The molecule has 0 saturated heterocycles. The Bertz CT molecular complexity index is 762. The average molecular weight is 356 g/mol. The Morgan fingerprint density at radius 3 is 2.73 bits per heavy atom. The molecule has 0 aromatic heterocycles. The van der Waals surface area contributed by atoms with Crippen molar-refractivity contribution in [3.8, 4) is 0 Å². The lowest BCUT2D eigenvalue weighted by molar-refractivity contribution is -0.157. The SMILES string of the molecule is C[C@H]1C[C@H]2[C@@H]3CCC4=CC(=O)C=C[C@]4(C)[C@H]3C=C[C@]2(C)[C@@]1(O)C(=O)CO. The fourth-order valence-electron chi connectivity index (χ4n) is 6.62. The summed E-state index contributed by atoms with van der Waals surface area (Å²) >= 11 is 0. The van der Waals surface area contributed by atoms with Crippen LogP contribution < -0.4 is 0 Å². The van der Waals surface area contributed by atoms with Crippen LogP contribution in [0.25, 0.3) is 0 Å². The number of aliphatic hydroxyl groups excluding tert-OH is 1. The lowest BCUT2D eigenvalue weighted by Crippen LogP contribution is -2.57. The molecule has 26 heavy (non-hydrogen) atoms. The van der Waals surface area contributed by atoms with E-state index in [1.807, 2.05) is 19.9 Å². The molecule has 4 aliphatic carbocycles. The van der Waals surface area contributed by atoms with Crippen molar-refractivity contribution < 1.29 is 19.8 Å². The molecule has 0 aromatic rings. The van der Waals surface area contributed by atoms with Gasteiger partial charge in [0, 0.05) is 10.8 Å². The van der Waals surface area contributed by atoms with Crippen LogP contribution in [0.4, 0.5) is 0 Å². The molecule has 0 amide bonds. The number of allylic oxidation sites excluding steroid dienone is 5. The lowest BCUT2D eigenvalue weighted by Gasteiger charge is -2.54. The van der Waals surface area contributed by atoms with Gasteiger partial charge in [0.05, 0.1) is 0 Å². The molecule has 0 aliphatic heterocycles. The molecule has 0 unspecified atom stereocenters. The predicted molar refractivity (Wildman–Crippen MR) is 98.1 cm³/mol. The quantitative estimate of drug-likeness (QED) is 0.746. The number of carbonyl (C=O) groups is 2. The van der Waals surface area contributed by atoms with Crippen LogP contribution in [0.3, 0.4) is 0 Å². The van der Waals surface area contributed by atoms with Gasteiger partial charge < -0.3 is 10.2 Å². The van der Waals surface area contributed by atoms with Crippen LogP contribution in [0.5, 0.6) is 0 Å². The van der Waals surface area contributed by atoms with Crippen molar-refractivity contribution in [3.63, 3.8) is 0 Å². The van der Waals surface area contributed by atoms with Crippen molar-refractivity contribution in [2.24, 2.45) is 34.5 Å². The van der Waals surface area contributed by atoms with Crippen LogP contribution >= 0.6 is 0 Å². The first-order chi connectivity index (χ1) is 12.2. The molecule has 2 N–H and O–H groups in total. The van der Waals surface area contributed by atoms with Crippen LogP contribution in [0.1, 0.15) is 40.0 Å². The molecule has 4 heteroatoms. The highest BCUT2D eigenvalue weighted by Gasteiger charge is 2.67. The summed E-state index contributed by atoms with van der Waals surface area (Å²) in [5.41, 5.74) is -1.13. The highest BCUT2D eigenvalue weighted by Crippen LogP contribution is 2.65. The van der Waals surface area contributed by atoms with E-state index in [2.05, 4.69) is 19.1 Å². The Balaban J connectivity index is 1.79. The minimum atomic E-state index is -1.51. The van der Waals surface area contributed by atoms with Crippen LogP contribution in [0, 0.1) is 34.5 Å². The number of fused-ring (bicyclic) bond motifs is 5. The first kappa shape index (κ1) is 17.9. The van der Waals surface area contributed by atoms with Gasteiger partial charge in [-0.3, -0.25) is 9.59 Å². The van der Waals surface area contributed by atoms with Gasteiger partial charge in [-0.1, -0.05) is 44.6 Å². The number of ketones is 2. The van der Waals surface area contributed by atoms with E-state index in [4.69, 9.17) is 0 Å². The number of rotatable bonds is 2. The van der Waals surface area contributed by atoms with Crippen molar-refractivity contribution in [2.45, 2.75) is 45.6 Å². The first-order valence-corrected chi connectivity index (χ1v) is 9.68. The lowest BCUT2D eigenvalue weighted by atomic mass is 9.49. The molecule has 7 atom stereocenters. The molecule has 2 fully saturated rings. The summed E-state index contributed by atoms with van der Waals surface area (Å²) in [6, 6.07) is 0. The summed E-state index contributed by atoms with van der Waals surface area (Å²) in [6.07, 6.45) is 12.4. The second-order valence-corrected chi connectivity index (χ2v) is 9.15. The smallest absolute Gasteiger partial charge is 0.190 e. The summed E-state index contributed by atoms with van der Waals surface area (Å²) in [4.78, 5) is 24.3. The summed E-state index contributed by atoms with van der Waals surface area (Å²) < 4.78 is 0. The van der Waals surface area contributed by atoms with Crippen LogP contribution in [-0.2, 0) is 9.59 Å². The van der Waals surface area contributed by atoms with E-state index in [0.717, 1.165) is 19.3 Å². The van der Waals surface area contributed by atoms with E-state index in [9.17, 15) is 19.8 Å². The highest BCUT2D eigenvalue weighted by molar-refractivity contribution is 6.01. The molecule has 0 spiro atoms. The minimum Gasteiger partial charge on any atom is -0.388 e. The predicted octanol–water partition coefficient (Wildman–Crippen LogP) is 2.61. The Kier molecular flexibility index (Phi) is 3.78. The first-order valence-electron chi connectivity index (χ1n) is 9.68. The molecule has 2 saturated carbocycles. The van der Waals surface area contributed by atoms with E-state index in [1.54, 1.807) is 12.2 Å². The van der Waals surface area contributed by atoms with Gasteiger partial charge in [-0.05, 0) is 55.1 Å². The highest BCUT2D eigenvalue weighted by atomic mass is 16.3. The van der Waals surface area contributed by atoms with Crippen molar-refractivity contribution in [1.82, 2.24) is 0 Å². The molecule has 0 heterocycles. The van der Waals surface area contributed by atoms with Gasteiger partial charge in [0.2, 0.25) is 0 Å². The molecule has 140 valence electrons. The van der Waals surface area contributed by atoms with Gasteiger partial charge >= 0.3 is 0 Å². The zero-order valence-corrected chi connectivity index (χ0v) is 15.7. The van der Waals surface area contributed by atoms with Crippen molar-refractivity contribution >= 4 is 11.6 Å². The number of aliphatic hydroxyl groups is 2. The Morgan fingerprint density at radius 2 is 2.04 bits per heavy atom. The van der Waals surface area contributed by atoms with Crippen LogP contribution in [-0.4, -0.2) is 34.0 Å². The molecule has 4 nitrogen and oxygen atoms in total. The monoisotopic (exact) mass is 356 g/mol. The molecular weight excluding hydrogens is 328 g/mol. The molecular formula is C22H28O4. The fourth-order valence-corrected chi connectivity index (χ4v) is 6.62. The second-order valence-electron chi connectivity index (χ2n) is 9.15. The van der Waals surface area contributed by atoms with Gasteiger partial charge in [0.15, 0.2) is 11.6 Å². The standard InChI is InChI=1S/C22H28O4/c1-13-10-18-16-5-4-14-11-15(24)6-8-20(14,2)17(16)7-9-21(18,3)22(13,26)19(25)12-23/h6-9,11,13,16-18,23,26H,4-5,10,12H2,1-3H3/t13-,16+,17-,18-,20-,21-,22-/m0/s1. The zero-order chi connectivity index (χ0) is 18.9. The Labute approximate surface area is 154 Å². The number of hydrogen-bond acceptors (Lipinski definition) is 4. The van der Waals surface area contributed by atoms with Crippen LogP contribution in [0.2, 0.25) is 0 Å². The maximum Gasteiger partial charge on any atom is 0.190 e. The largest absolute Gasteiger partial charge is 0.388 e. The minimum absolute atomic E-state index is 0.0676. The maximum absolute atomic E-state index is 12.5. The van der Waals surface area contributed by atoms with Gasteiger partial charge in [-0.2, -0.15) is 0 Å². The van der Waals surface area contributed by atoms with E-state index < -0.39 is 23.4 Å². The number of hydrogen-bond donors (Lipinski definition) is 2. The van der Waals surface area contributed by atoms with Gasteiger partial charge in [0.25, 0.3) is 0 Å². The molecule has 4 aliphatic rings. The second kappa shape index (κ2) is 5.49. The van der Waals surface area contributed by atoms with E-state index in [1.165, 1.54) is 5.57 Å². The molecule has 0 aromatic carbocycles. The summed E-state index contributed by atoms with van der Waals surface area (Å²) in [5, 5.41) is 20.8. The van der Waals surface area contributed by atoms with Crippen molar-refractivity contribution in [3.05, 3.63) is 36.0 Å². The third-order valence-corrected chi connectivity index (χ3v) is 8.15. The summed E-state index contributed by atoms with van der Waals surface area (Å²) in [6.45, 7) is 5.49. The van der Waals surface area contributed by atoms with Crippen molar-refractivity contribution in [1.29, 1.82) is 0 Å². The van der Waals surface area contributed by atoms with Gasteiger partial charge in [0.1, 0.15) is 12.2 Å². The Hall–Kier alpha value is -1.52. The average Bonchev–Trinajstić information content (AvgIpc) is 2.83. The normalized spacial score (nSPS) is 49.3. The number of Topliss-reactive ketones (excluding diaryl/α,β-unsaturated/α-hetero) is 1. The van der Waals surface area contributed by atoms with Gasteiger partial charge in [-0.25, -0.2) is 0 Å². The van der Waals surface area contributed by atoms with Gasteiger partial charge in [-0.15, -0.1) is 0 Å². The third-order valence-electron chi connectivity index (χ3n) is 8.15. The summed E-state index contributed by atoms with van der Waals surface area (Å²) in [7, 11) is 0. The number of carbonyl (C=O) groups excluding carboxylic acids is 2. The zero-order valence-electron chi connectivity index (χ0n) is 15.7. The Morgan fingerprint density at radius 1 is 1.31 bits per heavy atom. The summed E-state index contributed by atoms with van der Waals surface area (Å²) in [5.74, 6) is 0.227. The third kappa shape index (κ3) is 1.97. The molecule has 0 bridgehead atoms. The molecule has 4 rings (SSSR count). The topological polar surface area (TPSA) is 74.6 Å². The van der Waals surface area contributed by atoms with E-state index >= 15 is 0 Å². The van der Waals surface area contributed by atoms with E-state index in [0.29, 0.717) is 5.92 Å². The fraction of sp³-hybridized carbons (Fsp3) is 0.636. The van der Waals surface area contributed by atoms with Crippen LogP contribution in [0.15, 0.2) is 36.0 Å². The van der Waals surface area contributed by atoms with E-state index in [-0.39, 0.29) is 29.0 Å². The maximum atomic E-state index is 12.5.